The summed E-state index contributed by atoms with van der Waals surface area (Å²) in [6, 6.07) is 3.02. The van der Waals surface area contributed by atoms with E-state index >= 15 is 0 Å². The first-order valence-electron chi connectivity index (χ1n) is 6.52. The van der Waals surface area contributed by atoms with Gasteiger partial charge in [0.15, 0.2) is 0 Å². The number of aromatic hydroxyl groups is 1. The first kappa shape index (κ1) is 15.4. The topological polar surface area (TPSA) is 60.8 Å². The second kappa shape index (κ2) is 6.20. The van der Waals surface area contributed by atoms with Crippen molar-refractivity contribution in [3.8, 4) is 5.75 Å². The van der Waals surface area contributed by atoms with Gasteiger partial charge in [0.25, 0.3) is 0 Å². The Morgan fingerprint density at radius 3 is 2.80 bits per heavy atom. The highest BCUT2D eigenvalue weighted by molar-refractivity contribution is 6.42. The number of benzene rings is 1. The molecule has 1 aliphatic heterocycles. The Morgan fingerprint density at radius 2 is 2.15 bits per heavy atom. The predicted molar refractivity (Wildman–Crippen MR) is 78.4 cm³/mol. The van der Waals surface area contributed by atoms with Crippen LogP contribution in [0, 0.1) is 0 Å². The molecule has 0 bridgehead atoms. The van der Waals surface area contributed by atoms with Crippen LogP contribution in [0.25, 0.3) is 0 Å². The summed E-state index contributed by atoms with van der Waals surface area (Å²) in [6.07, 6.45) is 0.395. The number of nitrogens with zero attached hydrogens (tertiary/aromatic N) is 1. The molecule has 1 saturated heterocycles. The van der Waals surface area contributed by atoms with Gasteiger partial charge >= 0.3 is 0 Å². The number of hydrogen-bond donors (Lipinski definition) is 2. The number of amides is 1. The number of halogens is 2. The average Bonchev–Trinajstić information content (AvgIpc) is 2.73. The number of aliphatic hydroxyl groups is 1. The average molecular weight is 318 g/mol. The summed E-state index contributed by atoms with van der Waals surface area (Å²) in [5.74, 6) is -0.0941. The summed E-state index contributed by atoms with van der Waals surface area (Å²) in [6.45, 7) is 2.68. The lowest BCUT2D eigenvalue weighted by molar-refractivity contribution is -0.127. The Kier molecular flexibility index (Phi) is 4.78. The number of phenolic OH excluding ortho intramolecular Hbond substituents is 1. The molecule has 110 valence electrons. The van der Waals surface area contributed by atoms with Crippen LogP contribution in [0.2, 0.25) is 10.0 Å². The molecule has 6 heteroatoms. The lowest BCUT2D eigenvalue weighted by Crippen LogP contribution is -2.28. The van der Waals surface area contributed by atoms with Crippen LogP contribution in [0.3, 0.4) is 0 Å². The second-order valence-corrected chi connectivity index (χ2v) is 5.96. The van der Waals surface area contributed by atoms with E-state index in [2.05, 4.69) is 0 Å². The van der Waals surface area contributed by atoms with Gasteiger partial charge in [0.1, 0.15) is 5.75 Å². The molecule has 2 rings (SSSR count). The molecule has 1 aromatic rings. The first-order chi connectivity index (χ1) is 9.40. The van der Waals surface area contributed by atoms with Crippen molar-refractivity contribution in [1.29, 1.82) is 0 Å². The first-order valence-corrected chi connectivity index (χ1v) is 7.28. The zero-order chi connectivity index (χ0) is 14.9. The maximum Gasteiger partial charge on any atom is 0.223 e. The van der Waals surface area contributed by atoms with Gasteiger partial charge in [0, 0.05) is 31.0 Å². The molecule has 1 fully saturated rings. The molecule has 1 aliphatic rings. The van der Waals surface area contributed by atoms with Crippen molar-refractivity contribution in [1.82, 2.24) is 4.90 Å². The number of carbonyl (C=O) groups is 1. The monoisotopic (exact) mass is 317 g/mol. The van der Waals surface area contributed by atoms with Gasteiger partial charge in [-0.1, -0.05) is 23.2 Å². The zero-order valence-electron chi connectivity index (χ0n) is 11.1. The fourth-order valence-electron chi connectivity index (χ4n) is 2.47. The van der Waals surface area contributed by atoms with Gasteiger partial charge in [-0.25, -0.2) is 0 Å². The number of aliphatic hydroxyl groups excluding tert-OH is 1. The summed E-state index contributed by atoms with van der Waals surface area (Å²) in [5.41, 5.74) is 0.534. The van der Waals surface area contributed by atoms with E-state index in [1.54, 1.807) is 11.8 Å². The van der Waals surface area contributed by atoms with E-state index in [4.69, 9.17) is 23.2 Å². The van der Waals surface area contributed by atoms with Crippen LogP contribution in [0.1, 0.15) is 31.2 Å². The zero-order valence-corrected chi connectivity index (χ0v) is 12.7. The Morgan fingerprint density at radius 1 is 1.45 bits per heavy atom. The lowest BCUT2D eigenvalue weighted by atomic mass is 9.97. The largest absolute Gasteiger partial charge is 0.508 e. The molecule has 4 nitrogen and oxygen atoms in total. The molecule has 0 aliphatic carbocycles. The van der Waals surface area contributed by atoms with E-state index in [0.717, 1.165) is 0 Å². The summed E-state index contributed by atoms with van der Waals surface area (Å²) in [4.78, 5) is 13.7. The minimum absolute atomic E-state index is 0.00564. The third kappa shape index (κ3) is 3.19. The maximum atomic E-state index is 12.0. The van der Waals surface area contributed by atoms with E-state index in [1.165, 1.54) is 12.1 Å². The van der Waals surface area contributed by atoms with E-state index in [1.807, 2.05) is 0 Å². The van der Waals surface area contributed by atoms with Gasteiger partial charge in [-0.05, 0) is 25.5 Å². The number of likely N-dealkylation sites (tertiary alicyclic amines) is 1. The van der Waals surface area contributed by atoms with Crippen LogP contribution in [-0.4, -0.2) is 40.2 Å². The van der Waals surface area contributed by atoms with Gasteiger partial charge in [-0.15, -0.1) is 0 Å². The van der Waals surface area contributed by atoms with Gasteiger partial charge in [0.2, 0.25) is 5.91 Å². The van der Waals surface area contributed by atoms with Crippen LogP contribution in [0.15, 0.2) is 12.1 Å². The smallest absolute Gasteiger partial charge is 0.223 e. The molecule has 1 amide bonds. The lowest BCUT2D eigenvalue weighted by Gasteiger charge is -2.18. The number of rotatable bonds is 4. The van der Waals surface area contributed by atoms with E-state index in [-0.39, 0.29) is 17.6 Å². The fraction of sp³-hybridized carbons (Fsp3) is 0.500. The summed E-state index contributed by atoms with van der Waals surface area (Å²) in [7, 11) is 0. The van der Waals surface area contributed by atoms with Crippen molar-refractivity contribution in [2.45, 2.75) is 31.8 Å². The SMILES string of the molecule is C[C@H](O)CCN1C[C@H](c2c(O)ccc(Cl)c2Cl)CC1=O. The Hall–Kier alpha value is -0.970. The van der Waals surface area contributed by atoms with E-state index in [9.17, 15) is 15.0 Å². The Bertz CT molecular complexity index is 519. The van der Waals surface area contributed by atoms with Gasteiger partial charge in [-0.2, -0.15) is 0 Å². The van der Waals surface area contributed by atoms with E-state index < -0.39 is 6.10 Å². The summed E-state index contributed by atoms with van der Waals surface area (Å²) in [5, 5.41) is 19.9. The number of hydrogen-bond acceptors (Lipinski definition) is 3. The van der Waals surface area contributed by atoms with Gasteiger partial charge < -0.3 is 15.1 Å². The third-order valence-corrected chi connectivity index (χ3v) is 4.37. The van der Waals surface area contributed by atoms with Crippen LogP contribution in [0.5, 0.6) is 5.75 Å². The van der Waals surface area contributed by atoms with Gasteiger partial charge in [0.05, 0.1) is 16.1 Å². The second-order valence-electron chi connectivity index (χ2n) is 5.17. The summed E-state index contributed by atoms with van der Waals surface area (Å²) >= 11 is 12.1. The molecule has 1 heterocycles. The molecule has 0 unspecified atom stereocenters. The molecule has 0 spiro atoms. The van der Waals surface area contributed by atoms with Crippen LogP contribution < -0.4 is 0 Å². The maximum absolute atomic E-state index is 12.0. The molecule has 20 heavy (non-hydrogen) atoms. The third-order valence-electron chi connectivity index (χ3n) is 3.55. The Balaban J connectivity index is 2.16. The molecule has 2 atom stereocenters. The standard InChI is InChI=1S/C14H17Cl2NO3/c1-8(18)4-5-17-7-9(6-12(17)20)13-11(19)3-2-10(15)14(13)16/h2-3,8-9,18-19H,4-7H2,1H3/t8-,9+/m0/s1. The minimum Gasteiger partial charge on any atom is -0.508 e. The highest BCUT2D eigenvalue weighted by Crippen LogP contribution is 2.41. The van der Waals surface area contributed by atoms with Crippen molar-refractivity contribution in [3.05, 3.63) is 27.7 Å². The summed E-state index contributed by atoms with van der Waals surface area (Å²) < 4.78 is 0. The molecule has 0 radical (unpaired) electrons. The molecular formula is C14H17Cl2NO3. The fourth-order valence-corrected chi connectivity index (χ4v) is 2.95. The van der Waals surface area contributed by atoms with Crippen molar-refractivity contribution in [2.75, 3.05) is 13.1 Å². The quantitative estimate of drug-likeness (QED) is 0.897. The highest BCUT2D eigenvalue weighted by atomic mass is 35.5. The van der Waals surface area contributed by atoms with Gasteiger partial charge in [-0.3, -0.25) is 4.79 Å². The number of phenols is 1. The molecular weight excluding hydrogens is 301 g/mol. The number of carbonyl (C=O) groups excluding carboxylic acids is 1. The predicted octanol–water partition coefficient (Wildman–Crippen LogP) is 2.79. The van der Waals surface area contributed by atoms with Crippen LogP contribution in [0.4, 0.5) is 0 Å². The molecule has 1 aromatic carbocycles. The molecule has 0 aromatic heterocycles. The molecule has 0 saturated carbocycles. The van der Waals surface area contributed by atoms with Crippen molar-refractivity contribution >= 4 is 29.1 Å². The van der Waals surface area contributed by atoms with Crippen molar-refractivity contribution < 1.29 is 15.0 Å². The van der Waals surface area contributed by atoms with Crippen molar-refractivity contribution in [3.63, 3.8) is 0 Å². The normalized spacial score (nSPS) is 20.5. The molecule has 2 N–H and O–H groups in total. The Labute approximate surface area is 127 Å². The minimum atomic E-state index is -0.440. The van der Waals surface area contributed by atoms with Crippen molar-refractivity contribution in [2.24, 2.45) is 0 Å². The van der Waals surface area contributed by atoms with E-state index in [0.29, 0.717) is 41.5 Å². The van der Waals surface area contributed by atoms with Crippen LogP contribution in [-0.2, 0) is 4.79 Å². The van der Waals surface area contributed by atoms with Crippen LogP contribution >= 0.6 is 23.2 Å². The highest BCUT2D eigenvalue weighted by Gasteiger charge is 2.33.